The second-order valence-electron chi connectivity index (χ2n) is 6.20. The number of para-hydroxylation sites is 1. The molecule has 0 saturated carbocycles. The summed E-state index contributed by atoms with van der Waals surface area (Å²) in [4.78, 5) is 13.4. The Hall–Kier alpha value is -1.65. The number of aryl methyl sites for hydroxylation is 1. The van der Waals surface area contributed by atoms with Crippen LogP contribution in [0.25, 0.3) is 0 Å². The van der Waals surface area contributed by atoms with Gasteiger partial charge < -0.3 is 5.32 Å². The number of rotatable bonds is 7. The van der Waals surface area contributed by atoms with E-state index < -0.39 is 0 Å². The third-order valence-corrected chi connectivity index (χ3v) is 6.09. The molecule has 0 heterocycles. The summed E-state index contributed by atoms with van der Waals surface area (Å²) in [6, 6.07) is 20.9. The molecule has 0 spiro atoms. The quantitative estimate of drug-likeness (QED) is 0.377. The molecule has 0 aliphatic heterocycles. The molecule has 0 aliphatic rings. The van der Waals surface area contributed by atoms with Gasteiger partial charge in [-0.25, -0.2) is 0 Å². The summed E-state index contributed by atoms with van der Waals surface area (Å²) < 4.78 is 0. The van der Waals surface area contributed by atoms with Crippen LogP contribution in [0.3, 0.4) is 0 Å². The Balaban J connectivity index is 1.59. The molecule has 144 valence electrons. The van der Waals surface area contributed by atoms with Gasteiger partial charge in [0.25, 0.3) is 0 Å². The van der Waals surface area contributed by atoms with E-state index in [1.807, 2.05) is 54.6 Å². The van der Waals surface area contributed by atoms with Gasteiger partial charge in [-0.3, -0.25) is 4.79 Å². The van der Waals surface area contributed by atoms with Crippen molar-refractivity contribution >= 4 is 58.2 Å². The lowest BCUT2D eigenvalue weighted by molar-refractivity contribution is -0.116. The van der Waals surface area contributed by atoms with Crippen molar-refractivity contribution in [2.24, 2.45) is 0 Å². The lowest BCUT2D eigenvalue weighted by Crippen LogP contribution is -2.13. The molecule has 6 heteroatoms. The molecule has 3 aromatic carbocycles. The molecule has 0 bridgehead atoms. The van der Waals surface area contributed by atoms with Crippen molar-refractivity contribution in [2.75, 3.05) is 5.32 Å². The molecule has 1 amide bonds. The first kappa shape index (κ1) is 21.1. The van der Waals surface area contributed by atoms with E-state index in [-0.39, 0.29) is 5.91 Å². The Labute approximate surface area is 184 Å². The van der Waals surface area contributed by atoms with Crippen molar-refractivity contribution in [1.29, 1.82) is 0 Å². The minimum atomic E-state index is -0.0504. The van der Waals surface area contributed by atoms with Gasteiger partial charge >= 0.3 is 0 Å². The van der Waals surface area contributed by atoms with Crippen LogP contribution in [0.5, 0.6) is 0 Å². The molecule has 0 atom stereocenters. The number of hydrogen-bond acceptors (Lipinski definition) is 2. The minimum absolute atomic E-state index is 0.0504. The number of carbonyl (C=O) groups excluding carboxylic acids is 1. The fourth-order valence-corrected chi connectivity index (χ4v) is 4.22. The van der Waals surface area contributed by atoms with Gasteiger partial charge in [0.2, 0.25) is 5.91 Å². The van der Waals surface area contributed by atoms with Crippen LogP contribution >= 0.6 is 46.6 Å². The van der Waals surface area contributed by atoms with E-state index >= 15 is 0 Å². The highest BCUT2D eigenvalue weighted by molar-refractivity contribution is 7.98. The number of carbonyl (C=O) groups is 1. The van der Waals surface area contributed by atoms with E-state index in [4.69, 9.17) is 34.8 Å². The lowest BCUT2D eigenvalue weighted by atomic mass is 10.1. The largest absolute Gasteiger partial charge is 0.325 e. The highest BCUT2D eigenvalue weighted by Crippen LogP contribution is 2.30. The van der Waals surface area contributed by atoms with Crippen molar-refractivity contribution in [1.82, 2.24) is 0 Å². The monoisotopic (exact) mass is 449 g/mol. The number of hydrogen-bond donors (Lipinski definition) is 1. The predicted molar refractivity (Wildman–Crippen MR) is 121 cm³/mol. The first-order valence-corrected chi connectivity index (χ1v) is 10.8. The van der Waals surface area contributed by atoms with E-state index in [1.165, 1.54) is 5.56 Å². The summed E-state index contributed by atoms with van der Waals surface area (Å²) in [5.74, 6) is 0.746. The molecule has 0 fully saturated rings. The minimum Gasteiger partial charge on any atom is -0.325 e. The summed E-state index contributed by atoms with van der Waals surface area (Å²) in [6.45, 7) is 0. The highest BCUT2D eigenvalue weighted by Gasteiger charge is 2.09. The molecule has 0 saturated heterocycles. The molecule has 3 aromatic rings. The number of thioether (sulfide) groups is 1. The molecule has 0 unspecified atom stereocenters. The normalized spacial score (nSPS) is 10.7. The van der Waals surface area contributed by atoms with E-state index in [1.54, 1.807) is 23.9 Å². The fourth-order valence-electron chi connectivity index (χ4n) is 2.62. The Bertz CT molecular complexity index is 960. The molecule has 3 rings (SSSR count). The zero-order chi connectivity index (χ0) is 19.9. The molecule has 0 radical (unpaired) electrons. The standard InChI is InChI=1S/C22H18Cl3NOS/c23-17-9-5-15(6-10-17)14-28-21-4-2-1-3-20(21)26-22(27)12-8-16-7-11-18(24)13-19(16)25/h1-7,9-11,13H,8,12,14H2,(H,26,27). The van der Waals surface area contributed by atoms with Gasteiger partial charge in [0.05, 0.1) is 5.69 Å². The number of benzene rings is 3. The number of amides is 1. The Morgan fingerprint density at radius 1 is 0.893 bits per heavy atom. The number of halogens is 3. The average molecular weight is 451 g/mol. The maximum atomic E-state index is 12.4. The summed E-state index contributed by atoms with van der Waals surface area (Å²) >= 11 is 19.7. The van der Waals surface area contributed by atoms with E-state index in [0.717, 1.165) is 26.9 Å². The predicted octanol–water partition coefficient (Wildman–Crippen LogP) is 7.51. The van der Waals surface area contributed by atoms with Crippen LogP contribution in [-0.2, 0) is 17.0 Å². The van der Waals surface area contributed by atoms with Crippen LogP contribution < -0.4 is 5.32 Å². The maximum absolute atomic E-state index is 12.4. The van der Waals surface area contributed by atoms with Crippen LogP contribution in [0.2, 0.25) is 15.1 Å². The number of anilines is 1. The van der Waals surface area contributed by atoms with Crippen molar-refractivity contribution in [3.05, 3.63) is 92.9 Å². The molecule has 28 heavy (non-hydrogen) atoms. The Morgan fingerprint density at radius 2 is 1.61 bits per heavy atom. The fraction of sp³-hybridized carbons (Fsp3) is 0.136. The van der Waals surface area contributed by atoms with Crippen molar-refractivity contribution < 1.29 is 4.79 Å². The summed E-state index contributed by atoms with van der Waals surface area (Å²) in [7, 11) is 0. The third-order valence-electron chi connectivity index (χ3n) is 4.11. The van der Waals surface area contributed by atoms with Gasteiger partial charge in [-0.2, -0.15) is 0 Å². The van der Waals surface area contributed by atoms with Gasteiger partial charge in [-0.05, 0) is 53.9 Å². The van der Waals surface area contributed by atoms with Gasteiger partial charge in [0.1, 0.15) is 0 Å². The lowest BCUT2D eigenvalue weighted by Gasteiger charge is -2.11. The molecule has 0 aromatic heterocycles. The maximum Gasteiger partial charge on any atom is 0.224 e. The zero-order valence-electron chi connectivity index (χ0n) is 14.9. The van der Waals surface area contributed by atoms with Crippen LogP contribution in [0.4, 0.5) is 5.69 Å². The first-order valence-electron chi connectivity index (χ1n) is 8.71. The van der Waals surface area contributed by atoms with Gasteiger partial charge in [-0.1, -0.05) is 65.1 Å². The van der Waals surface area contributed by atoms with Crippen LogP contribution in [0, 0.1) is 0 Å². The summed E-state index contributed by atoms with van der Waals surface area (Å²) in [6.07, 6.45) is 0.902. The molecular formula is C22H18Cl3NOS. The highest BCUT2D eigenvalue weighted by atomic mass is 35.5. The van der Waals surface area contributed by atoms with Crippen LogP contribution in [0.15, 0.2) is 71.6 Å². The van der Waals surface area contributed by atoms with Crippen LogP contribution in [-0.4, -0.2) is 5.91 Å². The average Bonchev–Trinajstić information content (AvgIpc) is 2.68. The molecular weight excluding hydrogens is 433 g/mol. The van der Waals surface area contributed by atoms with Crippen molar-refractivity contribution in [2.45, 2.75) is 23.5 Å². The van der Waals surface area contributed by atoms with Gasteiger partial charge in [-0.15, -0.1) is 11.8 Å². The summed E-state index contributed by atoms with van der Waals surface area (Å²) in [5.41, 5.74) is 2.90. The smallest absolute Gasteiger partial charge is 0.224 e. The van der Waals surface area contributed by atoms with E-state index in [0.29, 0.717) is 22.9 Å². The third kappa shape index (κ3) is 6.18. The molecule has 0 aliphatic carbocycles. The van der Waals surface area contributed by atoms with E-state index in [2.05, 4.69) is 5.32 Å². The van der Waals surface area contributed by atoms with Crippen LogP contribution in [0.1, 0.15) is 17.5 Å². The second-order valence-corrected chi connectivity index (χ2v) is 8.49. The van der Waals surface area contributed by atoms with Gasteiger partial charge in [0.15, 0.2) is 0 Å². The molecule has 2 nitrogen and oxygen atoms in total. The first-order chi connectivity index (χ1) is 13.5. The SMILES string of the molecule is O=C(CCc1ccc(Cl)cc1Cl)Nc1ccccc1SCc1ccc(Cl)cc1. The van der Waals surface area contributed by atoms with Gasteiger partial charge in [0, 0.05) is 32.1 Å². The molecule has 1 N–H and O–H groups in total. The topological polar surface area (TPSA) is 29.1 Å². The number of nitrogens with one attached hydrogen (secondary N) is 1. The van der Waals surface area contributed by atoms with Crippen molar-refractivity contribution in [3.8, 4) is 0 Å². The Morgan fingerprint density at radius 3 is 2.36 bits per heavy atom. The summed E-state index contributed by atoms with van der Waals surface area (Å²) in [5, 5.41) is 4.90. The van der Waals surface area contributed by atoms with Crippen molar-refractivity contribution in [3.63, 3.8) is 0 Å². The Kier molecular flexibility index (Phi) is 7.69. The van der Waals surface area contributed by atoms with E-state index in [9.17, 15) is 4.79 Å². The zero-order valence-corrected chi connectivity index (χ0v) is 18.0. The second kappa shape index (κ2) is 10.2.